The van der Waals surface area contributed by atoms with Gasteiger partial charge in [0.2, 0.25) is 0 Å². The van der Waals surface area contributed by atoms with Gasteiger partial charge in [-0.1, -0.05) is 73.6 Å². The minimum absolute atomic E-state index is 0. The molecule has 5 heteroatoms. The zero-order valence-corrected chi connectivity index (χ0v) is 23.5. The molecule has 0 aromatic heterocycles. The first-order valence-electron chi connectivity index (χ1n) is 13.7. The van der Waals surface area contributed by atoms with Crippen molar-refractivity contribution in [3.8, 4) is 0 Å². The van der Waals surface area contributed by atoms with Crippen LogP contribution in [0.4, 0.5) is 0 Å². The summed E-state index contributed by atoms with van der Waals surface area (Å²) in [6, 6.07) is 0.134. The molecule has 0 aromatic carbocycles. The van der Waals surface area contributed by atoms with Crippen molar-refractivity contribution >= 4 is 17.5 Å². The number of ketones is 2. The maximum atomic E-state index is 13.2. The summed E-state index contributed by atoms with van der Waals surface area (Å²) in [7, 11) is 1.43. The van der Waals surface area contributed by atoms with E-state index in [1.807, 2.05) is 39.8 Å². The van der Waals surface area contributed by atoms with Gasteiger partial charge in [0.15, 0.2) is 11.6 Å². The Balaban J connectivity index is 0.00000398. The van der Waals surface area contributed by atoms with E-state index >= 15 is 0 Å². The fourth-order valence-corrected chi connectivity index (χ4v) is 5.61. The maximum Gasteiger partial charge on any atom is 0.305 e. The van der Waals surface area contributed by atoms with Crippen LogP contribution in [-0.2, 0) is 19.1 Å². The summed E-state index contributed by atoms with van der Waals surface area (Å²) in [6.07, 6.45) is 13.7. The highest BCUT2D eigenvalue weighted by Crippen LogP contribution is 2.49. The van der Waals surface area contributed by atoms with Crippen molar-refractivity contribution in [3.05, 3.63) is 35.5 Å². The maximum absolute atomic E-state index is 13.2. The molecular formula is C31H53NO4. The minimum Gasteiger partial charge on any atom is -0.469 e. The summed E-state index contributed by atoms with van der Waals surface area (Å²) in [5, 5.41) is 0. The van der Waals surface area contributed by atoms with Crippen LogP contribution in [0.25, 0.3) is 0 Å². The van der Waals surface area contributed by atoms with Gasteiger partial charge in [0.25, 0.3) is 0 Å². The Labute approximate surface area is 221 Å². The first-order valence-corrected chi connectivity index (χ1v) is 13.7. The number of esters is 1. The minimum atomic E-state index is -0.227. The van der Waals surface area contributed by atoms with Crippen molar-refractivity contribution in [1.29, 1.82) is 0 Å². The smallest absolute Gasteiger partial charge is 0.305 e. The van der Waals surface area contributed by atoms with Gasteiger partial charge < -0.3 is 4.74 Å². The molecule has 0 N–H and O–H groups in total. The lowest BCUT2D eigenvalue weighted by atomic mass is 9.62. The van der Waals surface area contributed by atoms with Crippen LogP contribution in [0, 0.1) is 11.3 Å². The van der Waals surface area contributed by atoms with Gasteiger partial charge in [-0.05, 0) is 62.8 Å². The molecule has 0 amide bonds. The highest BCUT2D eigenvalue weighted by atomic mass is 16.5. The molecule has 1 aliphatic heterocycles. The number of hydrogen-bond donors (Lipinski definition) is 0. The average Bonchev–Trinajstić information content (AvgIpc) is 2.88. The van der Waals surface area contributed by atoms with E-state index < -0.39 is 0 Å². The lowest BCUT2D eigenvalue weighted by molar-refractivity contribution is -0.141. The van der Waals surface area contributed by atoms with E-state index in [4.69, 9.17) is 4.74 Å². The van der Waals surface area contributed by atoms with E-state index in [2.05, 4.69) is 31.7 Å². The summed E-state index contributed by atoms with van der Waals surface area (Å²) in [5.74, 6) is -0.0607. The van der Waals surface area contributed by atoms with E-state index in [1.54, 1.807) is 6.08 Å². The molecule has 0 saturated carbocycles. The zero-order chi connectivity index (χ0) is 26.6. The molecule has 0 fully saturated rings. The third kappa shape index (κ3) is 8.26. The second-order valence-electron chi connectivity index (χ2n) is 9.67. The topological polar surface area (TPSA) is 63.7 Å². The van der Waals surface area contributed by atoms with Crippen LogP contribution >= 0.6 is 0 Å². The van der Waals surface area contributed by atoms with Gasteiger partial charge in [0.05, 0.1) is 7.11 Å². The van der Waals surface area contributed by atoms with Crippen LogP contribution in [0.3, 0.4) is 0 Å². The summed E-state index contributed by atoms with van der Waals surface area (Å²) >= 11 is 0. The molecule has 1 heterocycles. The predicted molar refractivity (Wildman–Crippen MR) is 151 cm³/mol. The number of rotatable bonds is 11. The molecule has 0 aromatic rings. The van der Waals surface area contributed by atoms with Gasteiger partial charge in [-0.3, -0.25) is 19.3 Å². The number of methoxy groups -OCH3 is 1. The van der Waals surface area contributed by atoms with Gasteiger partial charge in [0, 0.05) is 36.3 Å². The fraction of sp³-hybridized carbons (Fsp3) is 0.710. The Bertz CT molecular complexity index is 809. The van der Waals surface area contributed by atoms with Crippen molar-refractivity contribution in [1.82, 2.24) is 4.90 Å². The number of carbonyl (C=O) groups is 3. The number of ether oxygens (including phenoxy) is 1. The normalized spacial score (nSPS) is 25.2. The second-order valence-corrected chi connectivity index (χ2v) is 9.67. The Morgan fingerprint density at radius 3 is 2.47 bits per heavy atom. The first-order chi connectivity index (χ1) is 16.7. The van der Waals surface area contributed by atoms with Gasteiger partial charge in [-0.15, -0.1) is 0 Å². The van der Waals surface area contributed by atoms with Crippen LogP contribution < -0.4 is 0 Å². The van der Waals surface area contributed by atoms with Gasteiger partial charge in [-0.25, -0.2) is 0 Å². The van der Waals surface area contributed by atoms with Crippen LogP contribution in [0.2, 0.25) is 0 Å². The van der Waals surface area contributed by atoms with Crippen LogP contribution in [0.1, 0.15) is 107 Å². The molecule has 0 radical (unpaired) electrons. The van der Waals surface area contributed by atoms with Crippen molar-refractivity contribution in [2.45, 2.75) is 119 Å². The number of carbonyl (C=O) groups excluding carboxylic acids is 3. The molecule has 2 rings (SSSR count). The lowest BCUT2D eigenvalue weighted by Crippen LogP contribution is -2.54. The zero-order valence-electron chi connectivity index (χ0n) is 23.5. The number of nitrogens with zero attached hydrogens (tertiary/aromatic N) is 1. The summed E-state index contributed by atoms with van der Waals surface area (Å²) < 4.78 is 4.89. The Morgan fingerprint density at radius 2 is 1.92 bits per heavy atom. The van der Waals surface area contributed by atoms with Crippen LogP contribution in [0.15, 0.2) is 35.5 Å². The van der Waals surface area contributed by atoms with E-state index in [0.29, 0.717) is 19.3 Å². The van der Waals surface area contributed by atoms with E-state index in [1.165, 1.54) is 18.3 Å². The van der Waals surface area contributed by atoms with Gasteiger partial charge in [-0.2, -0.15) is 0 Å². The molecule has 36 heavy (non-hydrogen) atoms. The molecule has 2 aliphatic rings. The predicted octanol–water partition coefficient (Wildman–Crippen LogP) is 7.26. The van der Waals surface area contributed by atoms with Crippen molar-refractivity contribution in [2.75, 3.05) is 13.7 Å². The van der Waals surface area contributed by atoms with Crippen molar-refractivity contribution < 1.29 is 19.1 Å². The Kier molecular flexibility index (Phi) is 15.7. The summed E-state index contributed by atoms with van der Waals surface area (Å²) in [4.78, 5) is 39.8. The third-order valence-electron chi connectivity index (χ3n) is 7.52. The standard InChI is InChI=1S/C28H43NO4.C2H6.CH4/c1-7-10-11-25(31)20(4)27-24(28(5)17-16-23(30)19-21(28)9-3)14-12-22(29(27)18-8-2)13-15-26(32)33-6;1-2;/h10-11,14,19-20,22,27H,7-9,12-13,15-18H2,1-6H3;1-2H3;1H4/b11-10+;;/t20?,22?,27-,28+;;/m1../s1. The van der Waals surface area contributed by atoms with Gasteiger partial charge >= 0.3 is 5.97 Å². The largest absolute Gasteiger partial charge is 0.469 e. The van der Waals surface area contributed by atoms with Gasteiger partial charge in [0.1, 0.15) is 0 Å². The van der Waals surface area contributed by atoms with Crippen molar-refractivity contribution in [3.63, 3.8) is 0 Å². The molecule has 1 aliphatic carbocycles. The first kappa shape index (κ1) is 34.0. The fourth-order valence-electron chi connectivity index (χ4n) is 5.61. The average molecular weight is 504 g/mol. The molecular weight excluding hydrogens is 450 g/mol. The summed E-state index contributed by atoms with van der Waals surface area (Å²) in [5.41, 5.74) is 2.22. The van der Waals surface area contributed by atoms with Crippen molar-refractivity contribution in [2.24, 2.45) is 11.3 Å². The number of hydrogen-bond acceptors (Lipinski definition) is 5. The Hall–Kier alpha value is -2.01. The monoisotopic (exact) mass is 503 g/mol. The second kappa shape index (κ2) is 16.7. The SMILES string of the molecule is C.CC.CC/C=C/C(=O)C(C)[C@@H]1C([C@@]2(C)CCC(=O)C=C2CC)=CCC(CCC(=O)OC)N1CCC. The van der Waals surface area contributed by atoms with Crippen LogP contribution in [0.5, 0.6) is 0 Å². The lowest BCUT2D eigenvalue weighted by Gasteiger charge is -2.51. The highest BCUT2D eigenvalue weighted by molar-refractivity contribution is 5.93. The van der Waals surface area contributed by atoms with Crippen LogP contribution in [-0.4, -0.2) is 48.2 Å². The molecule has 2 unspecified atom stereocenters. The van der Waals surface area contributed by atoms with E-state index in [9.17, 15) is 14.4 Å². The van der Waals surface area contributed by atoms with E-state index in [0.717, 1.165) is 38.6 Å². The molecule has 0 saturated heterocycles. The molecule has 206 valence electrons. The molecule has 0 bridgehead atoms. The number of allylic oxidation sites excluding steroid dienone is 4. The highest BCUT2D eigenvalue weighted by Gasteiger charge is 2.46. The molecule has 0 spiro atoms. The van der Waals surface area contributed by atoms with E-state index in [-0.39, 0.29) is 48.4 Å². The Morgan fingerprint density at radius 1 is 1.25 bits per heavy atom. The third-order valence-corrected chi connectivity index (χ3v) is 7.52. The molecule has 5 nitrogen and oxygen atoms in total. The quantitative estimate of drug-likeness (QED) is 0.169. The molecule has 4 atom stereocenters. The summed E-state index contributed by atoms with van der Waals surface area (Å²) in [6.45, 7) is 15.5.